The molecule has 0 atom stereocenters. The van der Waals surface area contributed by atoms with Gasteiger partial charge in [-0.15, -0.1) is 0 Å². The largest absolute Gasteiger partial charge is 0.453 e. The zero-order valence-electron chi connectivity index (χ0n) is 11.6. The Bertz CT molecular complexity index is 363. The van der Waals surface area contributed by atoms with Crippen molar-refractivity contribution in [2.75, 3.05) is 6.61 Å². The lowest BCUT2D eigenvalue weighted by Crippen LogP contribution is -2.29. The molecule has 0 saturated heterocycles. The van der Waals surface area contributed by atoms with Crippen molar-refractivity contribution in [3.63, 3.8) is 0 Å². The molecule has 3 N–H and O–H groups in total. The van der Waals surface area contributed by atoms with Gasteiger partial charge < -0.3 is 9.15 Å². The number of nitrogens with one attached hydrogen (secondary N) is 1. The topological polar surface area (TPSA) is 77.5 Å². The molecule has 5 nitrogen and oxygen atoms in total. The summed E-state index contributed by atoms with van der Waals surface area (Å²) < 4.78 is 10.8. The zero-order valence-corrected chi connectivity index (χ0v) is 11.6. The van der Waals surface area contributed by atoms with E-state index in [9.17, 15) is 4.79 Å². The number of unbranched alkanes of at least 4 members (excludes halogenated alkanes) is 5. The van der Waals surface area contributed by atoms with Gasteiger partial charge in [-0.1, -0.05) is 39.0 Å². The number of nitrogens with two attached hydrogens (primary N) is 1. The maximum atomic E-state index is 11.2. The Morgan fingerprint density at radius 3 is 2.74 bits per heavy atom. The Morgan fingerprint density at radius 1 is 1.26 bits per heavy atom. The van der Waals surface area contributed by atoms with E-state index in [4.69, 9.17) is 15.0 Å². The standard InChI is InChI=1S/C14H24N2O3/c1-2-3-4-5-6-7-10-18-11-12-8-9-13(19-12)14(17)16-15/h8-9H,2-7,10-11,15H2,1H3,(H,16,17). The summed E-state index contributed by atoms with van der Waals surface area (Å²) in [7, 11) is 0. The van der Waals surface area contributed by atoms with E-state index in [1.807, 2.05) is 5.43 Å². The highest BCUT2D eigenvalue weighted by Crippen LogP contribution is 2.10. The van der Waals surface area contributed by atoms with E-state index < -0.39 is 5.91 Å². The van der Waals surface area contributed by atoms with Crippen LogP contribution in [0.25, 0.3) is 0 Å². The number of hydrogen-bond donors (Lipinski definition) is 2. The van der Waals surface area contributed by atoms with Crippen molar-refractivity contribution >= 4 is 5.91 Å². The maximum absolute atomic E-state index is 11.2. The smallest absolute Gasteiger partial charge is 0.300 e. The molecule has 1 heterocycles. The molecule has 1 aromatic heterocycles. The van der Waals surface area contributed by atoms with Crippen LogP contribution in [0.3, 0.4) is 0 Å². The summed E-state index contributed by atoms with van der Waals surface area (Å²) >= 11 is 0. The number of hydrogen-bond acceptors (Lipinski definition) is 4. The van der Waals surface area contributed by atoms with Crippen LogP contribution in [0.4, 0.5) is 0 Å². The first-order valence-corrected chi connectivity index (χ1v) is 6.95. The highest BCUT2D eigenvalue weighted by molar-refractivity contribution is 5.90. The van der Waals surface area contributed by atoms with Crippen molar-refractivity contribution in [1.82, 2.24) is 5.43 Å². The van der Waals surface area contributed by atoms with Crippen molar-refractivity contribution in [3.05, 3.63) is 23.7 Å². The van der Waals surface area contributed by atoms with Crippen molar-refractivity contribution < 1.29 is 13.9 Å². The second-order valence-corrected chi connectivity index (χ2v) is 4.56. The highest BCUT2D eigenvalue weighted by Gasteiger charge is 2.09. The Labute approximate surface area is 114 Å². The van der Waals surface area contributed by atoms with Gasteiger partial charge in [0.1, 0.15) is 12.4 Å². The minimum atomic E-state index is -0.429. The summed E-state index contributed by atoms with van der Waals surface area (Å²) in [6, 6.07) is 3.32. The monoisotopic (exact) mass is 268 g/mol. The number of ether oxygens (including phenoxy) is 1. The van der Waals surface area contributed by atoms with Crippen molar-refractivity contribution in [2.24, 2.45) is 5.84 Å². The highest BCUT2D eigenvalue weighted by atomic mass is 16.5. The van der Waals surface area contributed by atoms with Crippen LogP contribution < -0.4 is 11.3 Å². The second kappa shape index (κ2) is 9.58. The minimum Gasteiger partial charge on any atom is -0.453 e. The second-order valence-electron chi connectivity index (χ2n) is 4.56. The van der Waals surface area contributed by atoms with Gasteiger partial charge in [0.25, 0.3) is 0 Å². The van der Waals surface area contributed by atoms with Crippen molar-refractivity contribution in [2.45, 2.75) is 52.1 Å². The van der Waals surface area contributed by atoms with Crippen LogP contribution in [-0.2, 0) is 11.3 Å². The molecule has 19 heavy (non-hydrogen) atoms. The van der Waals surface area contributed by atoms with Crippen LogP contribution in [0.15, 0.2) is 16.5 Å². The van der Waals surface area contributed by atoms with Crippen LogP contribution in [0.5, 0.6) is 0 Å². The summed E-state index contributed by atoms with van der Waals surface area (Å²) in [4.78, 5) is 11.2. The summed E-state index contributed by atoms with van der Waals surface area (Å²) in [6.45, 7) is 3.34. The third-order valence-electron chi connectivity index (χ3n) is 2.90. The number of amides is 1. The van der Waals surface area contributed by atoms with E-state index in [0.717, 1.165) is 13.0 Å². The van der Waals surface area contributed by atoms with Crippen LogP contribution in [0, 0.1) is 0 Å². The summed E-state index contributed by atoms with van der Waals surface area (Å²) in [5.74, 6) is 5.44. The Balaban J connectivity index is 2.06. The molecule has 0 aliphatic heterocycles. The molecule has 0 radical (unpaired) electrons. The fourth-order valence-corrected chi connectivity index (χ4v) is 1.81. The summed E-state index contributed by atoms with van der Waals surface area (Å²) in [5, 5.41) is 0. The first-order chi connectivity index (χ1) is 9.27. The molecular weight excluding hydrogens is 244 g/mol. The average Bonchev–Trinajstić information content (AvgIpc) is 2.89. The van der Waals surface area contributed by atoms with Crippen LogP contribution in [-0.4, -0.2) is 12.5 Å². The van der Waals surface area contributed by atoms with E-state index in [1.165, 1.54) is 32.1 Å². The third-order valence-corrected chi connectivity index (χ3v) is 2.90. The molecule has 0 aliphatic rings. The molecule has 0 saturated carbocycles. The third kappa shape index (κ3) is 6.40. The molecule has 1 aromatic rings. The Kier molecular flexibility index (Phi) is 7.93. The Hall–Kier alpha value is -1.33. The number of nitrogen functional groups attached to an aromatic ring is 1. The molecule has 0 aromatic carbocycles. The van der Waals surface area contributed by atoms with E-state index in [0.29, 0.717) is 12.4 Å². The maximum Gasteiger partial charge on any atom is 0.300 e. The van der Waals surface area contributed by atoms with E-state index >= 15 is 0 Å². The molecule has 0 spiro atoms. The molecule has 1 amide bonds. The fraction of sp³-hybridized carbons (Fsp3) is 0.643. The number of rotatable bonds is 10. The van der Waals surface area contributed by atoms with Gasteiger partial charge in [0.15, 0.2) is 5.76 Å². The number of furan rings is 1. The van der Waals surface area contributed by atoms with Crippen molar-refractivity contribution in [1.29, 1.82) is 0 Å². The van der Waals surface area contributed by atoms with Gasteiger partial charge in [-0.3, -0.25) is 10.2 Å². The average molecular weight is 268 g/mol. The molecule has 5 heteroatoms. The van der Waals surface area contributed by atoms with Gasteiger partial charge in [0.2, 0.25) is 0 Å². The van der Waals surface area contributed by atoms with Crippen molar-refractivity contribution in [3.8, 4) is 0 Å². The zero-order chi connectivity index (χ0) is 13.9. The predicted molar refractivity (Wildman–Crippen MR) is 73.4 cm³/mol. The quantitative estimate of drug-likeness (QED) is 0.296. The molecule has 0 fully saturated rings. The van der Waals surface area contributed by atoms with E-state index in [1.54, 1.807) is 12.1 Å². The van der Waals surface area contributed by atoms with E-state index in [-0.39, 0.29) is 5.76 Å². The summed E-state index contributed by atoms with van der Waals surface area (Å²) in [5.41, 5.74) is 2.02. The first kappa shape index (κ1) is 15.7. The molecule has 108 valence electrons. The SMILES string of the molecule is CCCCCCCCOCc1ccc(C(=O)NN)o1. The van der Waals surface area contributed by atoms with E-state index in [2.05, 4.69) is 6.92 Å². The van der Waals surface area contributed by atoms with Gasteiger partial charge in [0, 0.05) is 6.61 Å². The lowest BCUT2D eigenvalue weighted by Gasteiger charge is -2.02. The normalized spacial score (nSPS) is 10.6. The van der Waals surface area contributed by atoms with Crippen LogP contribution in [0.2, 0.25) is 0 Å². The minimum absolute atomic E-state index is 0.209. The van der Waals surface area contributed by atoms with Gasteiger partial charge >= 0.3 is 5.91 Å². The lowest BCUT2D eigenvalue weighted by atomic mass is 10.1. The first-order valence-electron chi connectivity index (χ1n) is 6.95. The molecular formula is C14H24N2O3. The molecule has 1 rings (SSSR count). The number of carbonyl (C=O) groups excluding carboxylic acids is 1. The molecule has 0 bridgehead atoms. The predicted octanol–water partition coefficient (Wildman–Crippen LogP) is 2.76. The van der Waals surface area contributed by atoms with Gasteiger partial charge in [-0.05, 0) is 18.6 Å². The number of carbonyl (C=O) groups is 1. The van der Waals surface area contributed by atoms with Crippen LogP contribution >= 0.6 is 0 Å². The molecule has 0 unspecified atom stereocenters. The van der Waals surface area contributed by atoms with Crippen LogP contribution in [0.1, 0.15) is 61.8 Å². The lowest BCUT2D eigenvalue weighted by molar-refractivity contribution is 0.0888. The van der Waals surface area contributed by atoms with Gasteiger partial charge in [0.05, 0.1) is 0 Å². The molecule has 0 aliphatic carbocycles. The van der Waals surface area contributed by atoms with Gasteiger partial charge in [-0.25, -0.2) is 5.84 Å². The number of hydrazine groups is 1. The summed E-state index contributed by atoms with van der Waals surface area (Å²) in [6.07, 6.45) is 7.46. The van der Waals surface area contributed by atoms with Gasteiger partial charge in [-0.2, -0.15) is 0 Å². The fourth-order valence-electron chi connectivity index (χ4n) is 1.81. The Morgan fingerprint density at radius 2 is 2.00 bits per heavy atom.